The van der Waals surface area contributed by atoms with Crippen molar-refractivity contribution in [2.45, 2.75) is 51.1 Å². The Balaban J connectivity index is 2.01. The van der Waals surface area contributed by atoms with Gasteiger partial charge in [-0.25, -0.2) is 12.8 Å². The largest absolute Gasteiger partial charge is 0.494 e. The van der Waals surface area contributed by atoms with E-state index in [2.05, 4.69) is 21.2 Å². The number of carbonyl (C=O) groups is 2. The van der Waals surface area contributed by atoms with E-state index in [0.717, 1.165) is 17.1 Å². The first-order valence-corrected chi connectivity index (χ1v) is 15.6. The van der Waals surface area contributed by atoms with Crippen LogP contribution >= 0.6 is 15.9 Å². The van der Waals surface area contributed by atoms with Gasteiger partial charge >= 0.3 is 0 Å². The molecule has 0 saturated carbocycles. The third-order valence-electron chi connectivity index (χ3n) is 6.41. The first kappa shape index (κ1) is 32.1. The average Bonchev–Trinajstić information content (AvgIpc) is 2.96. The SMILES string of the molecule is CCCCNC(=O)[C@@H](C)N(Cc1ccccc1F)C(=O)CN(c1ccc(OCC)cc1)S(=O)(=O)c1ccc(Br)cc1. The van der Waals surface area contributed by atoms with Crippen LogP contribution in [0.1, 0.15) is 39.2 Å². The summed E-state index contributed by atoms with van der Waals surface area (Å²) in [6.45, 7) is 5.40. The van der Waals surface area contributed by atoms with E-state index in [4.69, 9.17) is 4.74 Å². The quantitative estimate of drug-likeness (QED) is 0.233. The van der Waals surface area contributed by atoms with E-state index in [1.807, 2.05) is 13.8 Å². The zero-order chi connectivity index (χ0) is 30.0. The first-order valence-electron chi connectivity index (χ1n) is 13.4. The predicted molar refractivity (Wildman–Crippen MR) is 161 cm³/mol. The maximum atomic E-state index is 14.6. The fraction of sp³-hybridized carbons (Fsp3) is 0.333. The summed E-state index contributed by atoms with van der Waals surface area (Å²) in [6.07, 6.45) is 1.63. The minimum absolute atomic E-state index is 0.0200. The Morgan fingerprint density at radius 3 is 2.27 bits per heavy atom. The zero-order valence-electron chi connectivity index (χ0n) is 23.3. The van der Waals surface area contributed by atoms with Crippen molar-refractivity contribution in [1.82, 2.24) is 10.2 Å². The van der Waals surface area contributed by atoms with E-state index in [-0.39, 0.29) is 22.7 Å². The van der Waals surface area contributed by atoms with Crippen molar-refractivity contribution in [1.29, 1.82) is 0 Å². The van der Waals surface area contributed by atoms with Crippen LogP contribution in [0.3, 0.4) is 0 Å². The Morgan fingerprint density at radius 2 is 1.66 bits per heavy atom. The van der Waals surface area contributed by atoms with E-state index < -0.39 is 40.2 Å². The summed E-state index contributed by atoms with van der Waals surface area (Å²) in [4.78, 5) is 28.1. The minimum Gasteiger partial charge on any atom is -0.494 e. The van der Waals surface area contributed by atoms with Crippen LogP contribution < -0.4 is 14.4 Å². The van der Waals surface area contributed by atoms with Crippen molar-refractivity contribution in [2.24, 2.45) is 0 Å². The summed E-state index contributed by atoms with van der Waals surface area (Å²) in [7, 11) is -4.22. The van der Waals surface area contributed by atoms with Crippen molar-refractivity contribution in [3.05, 3.63) is 88.6 Å². The van der Waals surface area contributed by atoms with Crippen LogP contribution in [-0.2, 0) is 26.2 Å². The molecule has 11 heteroatoms. The lowest BCUT2D eigenvalue weighted by molar-refractivity contribution is -0.139. The number of benzene rings is 3. The normalized spacial score (nSPS) is 11.9. The molecule has 41 heavy (non-hydrogen) atoms. The molecule has 0 heterocycles. The molecule has 0 saturated heterocycles. The molecule has 0 spiro atoms. The fourth-order valence-corrected chi connectivity index (χ4v) is 5.75. The van der Waals surface area contributed by atoms with Gasteiger partial charge in [0.2, 0.25) is 11.8 Å². The highest BCUT2D eigenvalue weighted by Gasteiger charge is 2.33. The summed E-state index contributed by atoms with van der Waals surface area (Å²) in [6, 6.07) is 17.4. The number of nitrogens with zero attached hydrogens (tertiary/aromatic N) is 2. The van der Waals surface area contributed by atoms with Crippen LogP contribution in [-0.4, -0.2) is 50.9 Å². The van der Waals surface area contributed by atoms with Crippen molar-refractivity contribution >= 4 is 43.5 Å². The fourth-order valence-electron chi connectivity index (χ4n) is 4.07. The molecule has 0 bridgehead atoms. The monoisotopic (exact) mass is 647 g/mol. The standard InChI is InChI=1S/C30H35BrFN3O5S/c1-4-6-19-33-30(37)22(3)34(20-23-9-7-8-10-28(23)32)29(36)21-35(25-13-15-26(16-14-25)40-5-2)41(38,39)27-17-11-24(31)12-18-27/h7-18,22H,4-6,19-21H2,1-3H3,(H,33,37)/t22-/m1/s1. The van der Waals surface area contributed by atoms with Gasteiger partial charge in [0.1, 0.15) is 24.2 Å². The van der Waals surface area contributed by atoms with Gasteiger partial charge in [-0.15, -0.1) is 0 Å². The van der Waals surface area contributed by atoms with Crippen LogP contribution in [0.2, 0.25) is 0 Å². The Kier molecular flexibility index (Phi) is 11.7. The lowest BCUT2D eigenvalue weighted by atomic mass is 10.1. The van der Waals surface area contributed by atoms with Crippen LogP contribution in [0, 0.1) is 5.82 Å². The van der Waals surface area contributed by atoms with Crippen molar-refractivity contribution in [3.8, 4) is 5.75 Å². The maximum Gasteiger partial charge on any atom is 0.264 e. The summed E-state index contributed by atoms with van der Waals surface area (Å²) in [5.41, 5.74) is 0.438. The number of ether oxygens (including phenoxy) is 1. The van der Waals surface area contributed by atoms with Crippen LogP contribution in [0.5, 0.6) is 5.75 Å². The molecular formula is C30H35BrFN3O5S. The number of carbonyl (C=O) groups excluding carboxylic acids is 2. The minimum atomic E-state index is -4.22. The summed E-state index contributed by atoms with van der Waals surface area (Å²) < 4.78 is 49.6. The zero-order valence-corrected chi connectivity index (χ0v) is 25.8. The van der Waals surface area contributed by atoms with Crippen LogP contribution in [0.15, 0.2) is 82.2 Å². The summed E-state index contributed by atoms with van der Waals surface area (Å²) >= 11 is 3.31. The molecule has 220 valence electrons. The molecule has 0 aliphatic carbocycles. The van der Waals surface area contributed by atoms with Gasteiger partial charge in [0.05, 0.1) is 17.2 Å². The van der Waals surface area contributed by atoms with Gasteiger partial charge in [0.25, 0.3) is 10.0 Å². The highest BCUT2D eigenvalue weighted by atomic mass is 79.9. The topological polar surface area (TPSA) is 96.0 Å². The third kappa shape index (κ3) is 8.53. The smallest absolute Gasteiger partial charge is 0.264 e. The van der Waals surface area contributed by atoms with E-state index in [1.165, 1.54) is 35.2 Å². The van der Waals surface area contributed by atoms with Crippen molar-refractivity contribution in [3.63, 3.8) is 0 Å². The van der Waals surface area contributed by atoms with Gasteiger partial charge in [-0.1, -0.05) is 47.5 Å². The summed E-state index contributed by atoms with van der Waals surface area (Å²) in [5.74, 6) is -1.07. The summed E-state index contributed by atoms with van der Waals surface area (Å²) in [5, 5.41) is 2.81. The van der Waals surface area contributed by atoms with Gasteiger partial charge in [0, 0.05) is 23.1 Å². The highest BCUT2D eigenvalue weighted by molar-refractivity contribution is 9.10. The number of sulfonamides is 1. The molecule has 3 aromatic rings. The molecule has 1 N–H and O–H groups in total. The third-order valence-corrected chi connectivity index (χ3v) is 8.73. The molecule has 0 fully saturated rings. The molecular weight excluding hydrogens is 613 g/mol. The Labute approximate surface area is 249 Å². The maximum absolute atomic E-state index is 14.6. The molecule has 2 amide bonds. The second-order valence-electron chi connectivity index (χ2n) is 9.33. The van der Waals surface area contributed by atoms with Gasteiger partial charge in [0.15, 0.2) is 0 Å². The molecule has 1 atom stereocenters. The van der Waals surface area contributed by atoms with Gasteiger partial charge < -0.3 is 15.0 Å². The Hall–Kier alpha value is -3.44. The molecule has 0 aromatic heterocycles. The molecule has 3 rings (SSSR count). The number of anilines is 1. The van der Waals surface area contributed by atoms with Crippen LogP contribution in [0.25, 0.3) is 0 Å². The van der Waals surface area contributed by atoms with Crippen molar-refractivity contribution < 1.29 is 27.1 Å². The van der Waals surface area contributed by atoms with Gasteiger partial charge in [-0.05, 0) is 74.9 Å². The number of amides is 2. The number of unbranched alkanes of at least 4 members (excludes halogenated alkanes) is 1. The predicted octanol–water partition coefficient (Wildman–Crippen LogP) is 5.52. The van der Waals surface area contributed by atoms with Crippen molar-refractivity contribution in [2.75, 3.05) is 24.0 Å². The molecule has 8 nitrogen and oxygen atoms in total. The highest BCUT2D eigenvalue weighted by Crippen LogP contribution is 2.27. The second-order valence-corrected chi connectivity index (χ2v) is 12.1. The number of rotatable bonds is 14. The lowest BCUT2D eigenvalue weighted by Gasteiger charge is -2.32. The van der Waals surface area contributed by atoms with E-state index in [9.17, 15) is 22.4 Å². The number of nitrogens with one attached hydrogen (secondary N) is 1. The number of hydrogen-bond donors (Lipinski definition) is 1. The second kappa shape index (κ2) is 15.0. The van der Waals surface area contributed by atoms with E-state index in [0.29, 0.717) is 23.4 Å². The van der Waals surface area contributed by atoms with Gasteiger partial charge in [-0.2, -0.15) is 0 Å². The Morgan fingerprint density at radius 1 is 1.00 bits per heavy atom. The van der Waals surface area contributed by atoms with Gasteiger partial charge in [-0.3, -0.25) is 13.9 Å². The van der Waals surface area contributed by atoms with Crippen LogP contribution in [0.4, 0.5) is 10.1 Å². The average molecular weight is 649 g/mol. The molecule has 3 aromatic carbocycles. The molecule has 0 radical (unpaired) electrons. The van der Waals surface area contributed by atoms with E-state index >= 15 is 0 Å². The first-order chi connectivity index (χ1) is 19.6. The molecule has 0 aliphatic rings. The molecule has 0 aliphatic heterocycles. The number of hydrogen-bond acceptors (Lipinski definition) is 5. The lowest BCUT2D eigenvalue weighted by Crippen LogP contribution is -2.51. The molecule has 0 unspecified atom stereocenters. The van der Waals surface area contributed by atoms with E-state index in [1.54, 1.807) is 49.4 Å². The number of halogens is 2. The Bertz CT molecular complexity index is 1420.